The number of benzene rings is 1. The molecule has 0 atom stereocenters. The molecule has 8 heteroatoms. The van der Waals surface area contributed by atoms with Gasteiger partial charge in [0.2, 0.25) is 6.79 Å². The molecule has 1 aromatic rings. The van der Waals surface area contributed by atoms with E-state index < -0.39 is 18.8 Å². The molecule has 5 nitrogen and oxygen atoms in total. The van der Waals surface area contributed by atoms with Gasteiger partial charge in [0, 0.05) is 17.7 Å². The number of halogens is 3. The number of alkyl halides is 3. The smallest absolute Gasteiger partial charge is 0.422 e. The highest BCUT2D eigenvalue weighted by molar-refractivity contribution is 5.86. The van der Waals surface area contributed by atoms with E-state index in [0.29, 0.717) is 5.75 Å². The molecule has 0 amide bonds. The first kappa shape index (κ1) is 14.0. The average Bonchev–Trinajstić information content (AvgIpc) is 2.79. The Morgan fingerprint density at radius 2 is 2.00 bits per heavy atom. The van der Waals surface area contributed by atoms with E-state index in [9.17, 15) is 18.0 Å². The molecule has 1 aromatic carbocycles. The minimum absolute atomic E-state index is 0.0554. The van der Waals surface area contributed by atoms with Gasteiger partial charge in [0.1, 0.15) is 5.75 Å². The standard InChI is InChI=1S/C12H9F3O5/c13-12(14,15)5-18-8-4-10-9(19-6-20-10)3-7(8)1-2-11(16)17/h1-4H,5-6H2,(H,16,17)/b2-1+. The van der Waals surface area contributed by atoms with Crippen molar-refractivity contribution >= 4 is 12.0 Å². The summed E-state index contributed by atoms with van der Waals surface area (Å²) in [4.78, 5) is 10.5. The molecule has 1 aliphatic rings. The first-order chi connectivity index (χ1) is 9.35. The van der Waals surface area contributed by atoms with E-state index in [4.69, 9.17) is 14.6 Å². The minimum atomic E-state index is -4.50. The maximum Gasteiger partial charge on any atom is 0.422 e. The van der Waals surface area contributed by atoms with Crippen LogP contribution in [0.2, 0.25) is 0 Å². The Kier molecular flexibility index (Phi) is 3.73. The molecule has 0 fully saturated rings. The van der Waals surface area contributed by atoms with Gasteiger partial charge < -0.3 is 19.3 Å². The number of hydrogen-bond donors (Lipinski definition) is 1. The average molecular weight is 290 g/mol. The number of rotatable bonds is 4. The molecule has 1 heterocycles. The van der Waals surface area contributed by atoms with E-state index in [-0.39, 0.29) is 23.9 Å². The van der Waals surface area contributed by atoms with Gasteiger partial charge in [-0.2, -0.15) is 13.2 Å². The largest absolute Gasteiger partial charge is 0.483 e. The molecule has 1 N–H and O–H groups in total. The van der Waals surface area contributed by atoms with E-state index in [1.165, 1.54) is 12.1 Å². The number of carbonyl (C=O) groups is 1. The van der Waals surface area contributed by atoms with Crippen LogP contribution in [0.5, 0.6) is 17.2 Å². The fourth-order valence-electron chi connectivity index (χ4n) is 1.51. The monoisotopic (exact) mass is 290 g/mol. The van der Waals surface area contributed by atoms with Crippen LogP contribution in [0.15, 0.2) is 18.2 Å². The van der Waals surface area contributed by atoms with E-state index in [1.807, 2.05) is 0 Å². The second-order valence-electron chi connectivity index (χ2n) is 3.82. The molecule has 20 heavy (non-hydrogen) atoms. The molecule has 0 unspecified atom stereocenters. The molecule has 0 spiro atoms. The van der Waals surface area contributed by atoms with Gasteiger partial charge in [-0.3, -0.25) is 0 Å². The second kappa shape index (κ2) is 5.32. The highest BCUT2D eigenvalue weighted by Gasteiger charge is 2.29. The quantitative estimate of drug-likeness (QED) is 0.863. The van der Waals surface area contributed by atoms with Gasteiger partial charge in [-0.15, -0.1) is 0 Å². The summed E-state index contributed by atoms with van der Waals surface area (Å²) in [5.41, 5.74) is 0.154. The van der Waals surface area contributed by atoms with Crippen molar-refractivity contribution in [1.29, 1.82) is 0 Å². The van der Waals surface area contributed by atoms with Crippen LogP contribution in [-0.4, -0.2) is 30.7 Å². The molecule has 2 rings (SSSR count). The van der Waals surface area contributed by atoms with Crippen molar-refractivity contribution in [2.24, 2.45) is 0 Å². The third-order valence-electron chi connectivity index (χ3n) is 2.30. The third-order valence-corrected chi connectivity index (χ3v) is 2.30. The summed E-state index contributed by atoms with van der Waals surface area (Å²) in [6, 6.07) is 2.59. The Balaban J connectivity index is 2.29. The van der Waals surface area contributed by atoms with Crippen LogP contribution in [-0.2, 0) is 4.79 Å². The van der Waals surface area contributed by atoms with Crippen molar-refractivity contribution in [3.63, 3.8) is 0 Å². The zero-order valence-corrected chi connectivity index (χ0v) is 9.94. The lowest BCUT2D eigenvalue weighted by Gasteiger charge is -2.12. The number of aliphatic carboxylic acids is 1. The van der Waals surface area contributed by atoms with Crippen LogP contribution in [0.1, 0.15) is 5.56 Å². The van der Waals surface area contributed by atoms with Gasteiger partial charge in [-0.05, 0) is 12.1 Å². The van der Waals surface area contributed by atoms with Gasteiger partial charge in [0.15, 0.2) is 18.1 Å². The van der Waals surface area contributed by atoms with Crippen molar-refractivity contribution in [3.05, 3.63) is 23.8 Å². The molecule has 0 bridgehead atoms. The van der Waals surface area contributed by atoms with Crippen LogP contribution in [0.4, 0.5) is 13.2 Å². The summed E-state index contributed by atoms with van der Waals surface area (Å²) in [7, 11) is 0. The van der Waals surface area contributed by atoms with Crippen molar-refractivity contribution in [2.75, 3.05) is 13.4 Å². The van der Waals surface area contributed by atoms with E-state index in [0.717, 1.165) is 12.2 Å². The lowest BCUT2D eigenvalue weighted by Crippen LogP contribution is -2.19. The first-order valence-electron chi connectivity index (χ1n) is 5.39. The van der Waals surface area contributed by atoms with E-state index in [1.54, 1.807) is 0 Å². The first-order valence-corrected chi connectivity index (χ1v) is 5.39. The molecule has 0 saturated carbocycles. The van der Waals surface area contributed by atoms with Crippen LogP contribution < -0.4 is 14.2 Å². The Labute approximate surface area is 111 Å². The summed E-state index contributed by atoms with van der Waals surface area (Å²) in [5, 5.41) is 8.55. The van der Waals surface area contributed by atoms with Gasteiger partial charge in [0.25, 0.3) is 0 Å². The van der Waals surface area contributed by atoms with Crippen molar-refractivity contribution < 1.29 is 37.3 Å². The fourth-order valence-corrected chi connectivity index (χ4v) is 1.51. The Morgan fingerprint density at radius 3 is 2.60 bits per heavy atom. The van der Waals surface area contributed by atoms with Crippen LogP contribution in [0, 0.1) is 0 Å². The SMILES string of the molecule is O=C(O)/C=C/c1cc2c(cc1OCC(F)(F)F)OCO2. The van der Waals surface area contributed by atoms with E-state index in [2.05, 4.69) is 4.74 Å². The third kappa shape index (κ3) is 3.56. The maximum absolute atomic E-state index is 12.2. The molecule has 0 aromatic heterocycles. The summed E-state index contributed by atoms with van der Waals surface area (Å²) < 4.78 is 51.3. The number of ether oxygens (including phenoxy) is 3. The minimum Gasteiger partial charge on any atom is -0.483 e. The molecular weight excluding hydrogens is 281 g/mol. The highest BCUT2D eigenvalue weighted by atomic mass is 19.4. The van der Waals surface area contributed by atoms with Crippen molar-refractivity contribution in [3.8, 4) is 17.2 Å². The van der Waals surface area contributed by atoms with Gasteiger partial charge in [-0.25, -0.2) is 4.79 Å². The van der Waals surface area contributed by atoms with Gasteiger partial charge in [-0.1, -0.05) is 0 Å². The summed E-state index contributed by atoms with van der Waals surface area (Å²) in [6.45, 7) is -1.54. The van der Waals surface area contributed by atoms with Crippen LogP contribution >= 0.6 is 0 Å². The number of carboxylic acid groups (broad SMARTS) is 1. The zero-order valence-electron chi connectivity index (χ0n) is 9.94. The predicted molar refractivity (Wildman–Crippen MR) is 60.8 cm³/mol. The number of fused-ring (bicyclic) bond motifs is 1. The highest BCUT2D eigenvalue weighted by Crippen LogP contribution is 2.39. The lowest BCUT2D eigenvalue weighted by molar-refractivity contribution is -0.153. The van der Waals surface area contributed by atoms with E-state index >= 15 is 0 Å². The molecule has 0 aliphatic carbocycles. The molecule has 0 radical (unpaired) electrons. The second-order valence-corrected chi connectivity index (χ2v) is 3.82. The summed E-state index contributed by atoms with van der Waals surface area (Å²) >= 11 is 0. The normalized spacial score (nSPS) is 13.8. The van der Waals surface area contributed by atoms with Gasteiger partial charge >= 0.3 is 12.1 Å². The Hall–Kier alpha value is -2.38. The summed E-state index contributed by atoms with van der Waals surface area (Å²) in [6.07, 6.45) is -2.59. The Bertz CT molecular complexity index is 551. The maximum atomic E-state index is 12.2. The van der Waals surface area contributed by atoms with Crippen LogP contribution in [0.25, 0.3) is 6.08 Å². The zero-order chi connectivity index (χ0) is 14.8. The predicted octanol–water partition coefficient (Wildman–Crippen LogP) is 2.45. The fraction of sp³-hybridized carbons (Fsp3) is 0.250. The molecule has 1 aliphatic heterocycles. The van der Waals surface area contributed by atoms with Crippen molar-refractivity contribution in [1.82, 2.24) is 0 Å². The number of carboxylic acids is 1. The Morgan fingerprint density at radius 1 is 1.35 bits per heavy atom. The summed E-state index contributed by atoms with van der Waals surface area (Å²) in [5.74, 6) is -0.808. The molecule has 108 valence electrons. The van der Waals surface area contributed by atoms with Crippen LogP contribution in [0.3, 0.4) is 0 Å². The molecule has 0 saturated heterocycles. The topological polar surface area (TPSA) is 65.0 Å². The van der Waals surface area contributed by atoms with Gasteiger partial charge in [0.05, 0.1) is 0 Å². The molecular formula is C12H9F3O5. The lowest BCUT2D eigenvalue weighted by atomic mass is 10.1. The number of hydrogen-bond acceptors (Lipinski definition) is 4. The van der Waals surface area contributed by atoms with Crippen molar-refractivity contribution in [2.45, 2.75) is 6.18 Å².